The minimum atomic E-state index is -0.358. The van der Waals surface area contributed by atoms with Gasteiger partial charge < -0.3 is 10.1 Å². The highest BCUT2D eigenvalue weighted by Crippen LogP contribution is 2.56. The van der Waals surface area contributed by atoms with Crippen LogP contribution in [-0.4, -0.2) is 31.3 Å². The van der Waals surface area contributed by atoms with Crippen molar-refractivity contribution in [2.24, 2.45) is 31.8 Å². The second-order valence-corrected chi connectivity index (χ2v) is 10.6. The van der Waals surface area contributed by atoms with Crippen molar-refractivity contribution in [1.82, 2.24) is 18.7 Å². The Morgan fingerprint density at radius 1 is 1.00 bits per heavy atom. The molecule has 7 rings (SSSR count). The van der Waals surface area contributed by atoms with Gasteiger partial charge in [0.25, 0.3) is 5.56 Å². The molecule has 33 heavy (non-hydrogen) atoms. The summed E-state index contributed by atoms with van der Waals surface area (Å²) in [7, 11) is 4.86. The summed E-state index contributed by atoms with van der Waals surface area (Å²) in [5, 5.41) is 3.84. The number of methoxy groups -OCH3 is 1. The van der Waals surface area contributed by atoms with E-state index in [0.717, 1.165) is 29.1 Å². The number of rotatable bonds is 5. The SMILES string of the molecule is COc1ccc(Cn2c(NC34CC5CC(CC(C5)C3)C4)nc3c2c(=O)n(C)c(=O)n3C)cc1. The lowest BCUT2D eigenvalue weighted by atomic mass is 9.53. The predicted molar refractivity (Wildman–Crippen MR) is 127 cm³/mol. The number of aromatic nitrogens is 4. The Kier molecular flexibility index (Phi) is 4.51. The van der Waals surface area contributed by atoms with Gasteiger partial charge in [-0.05, 0) is 74.0 Å². The summed E-state index contributed by atoms with van der Waals surface area (Å²) in [6.07, 6.45) is 7.58. The molecule has 4 aliphatic carbocycles. The van der Waals surface area contributed by atoms with Gasteiger partial charge in [0.1, 0.15) is 5.75 Å². The Morgan fingerprint density at radius 3 is 2.18 bits per heavy atom. The van der Waals surface area contributed by atoms with Gasteiger partial charge in [-0.3, -0.25) is 18.5 Å². The lowest BCUT2D eigenvalue weighted by Crippen LogP contribution is -2.55. The molecule has 1 N–H and O–H groups in total. The molecule has 4 saturated carbocycles. The topological polar surface area (TPSA) is 83.1 Å². The summed E-state index contributed by atoms with van der Waals surface area (Å²) in [6.45, 7) is 0.489. The predicted octanol–water partition coefficient (Wildman–Crippen LogP) is 2.87. The van der Waals surface area contributed by atoms with Crippen molar-refractivity contribution in [3.63, 3.8) is 0 Å². The van der Waals surface area contributed by atoms with Crippen LogP contribution in [0.25, 0.3) is 11.2 Å². The van der Waals surface area contributed by atoms with E-state index in [0.29, 0.717) is 23.7 Å². The molecule has 0 atom stereocenters. The van der Waals surface area contributed by atoms with Crippen molar-refractivity contribution in [1.29, 1.82) is 0 Å². The van der Waals surface area contributed by atoms with Crippen LogP contribution < -0.4 is 21.3 Å². The van der Waals surface area contributed by atoms with Crippen molar-refractivity contribution < 1.29 is 4.74 Å². The molecule has 8 heteroatoms. The minimum Gasteiger partial charge on any atom is -0.497 e. The van der Waals surface area contributed by atoms with E-state index < -0.39 is 0 Å². The lowest BCUT2D eigenvalue weighted by Gasteiger charge is -2.57. The molecule has 0 aliphatic heterocycles. The third kappa shape index (κ3) is 3.21. The number of benzene rings is 1. The number of hydrogen-bond donors (Lipinski definition) is 1. The molecule has 1 aromatic carbocycles. The van der Waals surface area contributed by atoms with E-state index in [1.54, 1.807) is 14.2 Å². The van der Waals surface area contributed by atoms with Gasteiger partial charge in [0.15, 0.2) is 11.2 Å². The molecule has 4 fully saturated rings. The second-order valence-electron chi connectivity index (χ2n) is 10.6. The normalized spacial score (nSPS) is 27.9. The molecule has 0 radical (unpaired) electrons. The number of ether oxygens (including phenoxy) is 1. The van der Waals surface area contributed by atoms with Crippen LogP contribution in [0.5, 0.6) is 5.75 Å². The molecular formula is C25H31N5O3. The average molecular weight is 450 g/mol. The first kappa shape index (κ1) is 20.6. The Bertz CT molecular complexity index is 1310. The number of anilines is 1. The Balaban J connectivity index is 1.48. The van der Waals surface area contributed by atoms with Crippen molar-refractivity contribution in [2.75, 3.05) is 12.4 Å². The van der Waals surface area contributed by atoms with Crippen LogP contribution in [0.2, 0.25) is 0 Å². The Morgan fingerprint density at radius 2 is 1.61 bits per heavy atom. The first-order valence-electron chi connectivity index (χ1n) is 11.9. The summed E-state index contributed by atoms with van der Waals surface area (Å²) in [6, 6.07) is 7.86. The Labute approximate surface area is 192 Å². The maximum Gasteiger partial charge on any atom is 0.332 e. The smallest absolute Gasteiger partial charge is 0.332 e. The van der Waals surface area contributed by atoms with E-state index in [9.17, 15) is 9.59 Å². The number of nitrogens with zero attached hydrogens (tertiary/aromatic N) is 4. The van der Waals surface area contributed by atoms with Gasteiger partial charge in [-0.25, -0.2) is 4.79 Å². The van der Waals surface area contributed by atoms with Crippen molar-refractivity contribution >= 4 is 17.1 Å². The molecule has 4 bridgehead atoms. The monoisotopic (exact) mass is 449 g/mol. The quantitative estimate of drug-likeness (QED) is 0.648. The van der Waals surface area contributed by atoms with Gasteiger partial charge in [-0.15, -0.1) is 0 Å². The maximum atomic E-state index is 13.2. The summed E-state index contributed by atoms with van der Waals surface area (Å²) < 4.78 is 9.92. The van der Waals surface area contributed by atoms with Crippen LogP contribution in [0.3, 0.4) is 0 Å². The van der Waals surface area contributed by atoms with Crippen LogP contribution in [0, 0.1) is 17.8 Å². The van der Waals surface area contributed by atoms with Gasteiger partial charge in [0, 0.05) is 19.6 Å². The molecule has 8 nitrogen and oxygen atoms in total. The summed E-state index contributed by atoms with van der Waals surface area (Å²) in [5.74, 6) is 3.86. The molecule has 3 aromatic rings. The fraction of sp³-hybridized carbons (Fsp3) is 0.560. The maximum absolute atomic E-state index is 13.2. The average Bonchev–Trinajstić information content (AvgIpc) is 3.13. The van der Waals surface area contributed by atoms with Crippen LogP contribution in [-0.2, 0) is 20.6 Å². The van der Waals surface area contributed by atoms with Crippen LogP contribution >= 0.6 is 0 Å². The fourth-order valence-corrected chi connectivity index (χ4v) is 7.11. The number of fused-ring (bicyclic) bond motifs is 1. The zero-order chi connectivity index (χ0) is 22.9. The molecular weight excluding hydrogens is 418 g/mol. The van der Waals surface area contributed by atoms with Crippen LogP contribution in [0.15, 0.2) is 33.9 Å². The van der Waals surface area contributed by atoms with Gasteiger partial charge in [0.2, 0.25) is 5.95 Å². The largest absolute Gasteiger partial charge is 0.497 e. The highest BCUT2D eigenvalue weighted by Gasteiger charge is 2.51. The van der Waals surface area contributed by atoms with Gasteiger partial charge in [-0.2, -0.15) is 4.98 Å². The van der Waals surface area contributed by atoms with Crippen molar-refractivity contribution in [3.8, 4) is 5.75 Å². The molecule has 0 unspecified atom stereocenters. The van der Waals surface area contributed by atoms with Crippen LogP contribution in [0.1, 0.15) is 44.1 Å². The molecule has 174 valence electrons. The minimum absolute atomic E-state index is 0.0396. The molecule has 0 spiro atoms. The molecule has 4 aliphatic rings. The highest BCUT2D eigenvalue weighted by molar-refractivity contribution is 5.74. The fourth-order valence-electron chi connectivity index (χ4n) is 7.11. The van der Waals surface area contributed by atoms with E-state index in [1.165, 1.54) is 54.7 Å². The van der Waals surface area contributed by atoms with Crippen molar-refractivity contribution in [2.45, 2.75) is 50.6 Å². The summed E-state index contributed by atoms with van der Waals surface area (Å²) >= 11 is 0. The molecule has 2 heterocycles. The zero-order valence-corrected chi connectivity index (χ0v) is 19.5. The standard InChI is InChI=1S/C25H31N5O3/c1-28-21-20(22(31)29(2)24(28)32)30(14-15-4-6-19(33-3)7-5-15)23(26-21)27-25-11-16-8-17(12-25)10-18(9-16)13-25/h4-7,16-18H,8-14H2,1-3H3,(H,26,27). The molecule has 0 saturated heterocycles. The highest BCUT2D eigenvalue weighted by atomic mass is 16.5. The number of imidazole rings is 1. The van der Waals surface area contributed by atoms with Gasteiger partial charge in [0.05, 0.1) is 13.7 Å². The number of hydrogen-bond acceptors (Lipinski definition) is 5. The third-order valence-corrected chi connectivity index (χ3v) is 8.26. The Hall–Kier alpha value is -3.03. The van der Waals surface area contributed by atoms with E-state index >= 15 is 0 Å². The molecule has 2 aromatic heterocycles. The summed E-state index contributed by atoms with van der Waals surface area (Å²) in [4.78, 5) is 30.7. The first-order chi connectivity index (χ1) is 15.9. The van der Waals surface area contributed by atoms with E-state index in [-0.39, 0.29) is 16.8 Å². The second kappa shape index (κ2) is 7.23. The van der Waals surface area contributed by atoms with E-state index in [2.05, 4.69) is 5.32 Å². The first-order valence-corrected chi connectivity index (χ1v) is 11.9. The summed E-state index contributed by atoms with van der Waals surface area (Å²) in [5.41, 5.74) is 1.31. The van der Waals surface area contributed by atoms with Crippen LogP contribution in [0.4, 0.5) is 5.95 Å². The van der Waals surface area contributed by atoms with E-state index in [4.69, 9.17) is 9.72 Å². The lowest BCUT2D eigenvalue weighted by molar-refractivity contribution is 0.0102. The van der Waals surface area contributed by atoms with Crippen molar-refractivity contribution in [3.05, 3.63) is 50.7 Å². The third-order valence-electron chi connectivity index (χ3n) is 8.26. The number of nitrogens with one attached hydrogen (secondary N) is 1. The van der Waals surface area contributed by atoms with E-state index in [1.807, 2.05) is 28.8 Å². The van der Waals surface area contributed by atoms with Gasteiger partial charge >= 0.3 is 5.69 Å². The zero-order valence-electron chi connectivity index (χ0n) is 19.5. The van der Waals surface area contributed by atoms with Gasteiger partial charge in [-0.1, -0.05) is 12.1 Å². The number of aryl methyl sites for hydroxylation is 1. The molecule has 0 amide bonds.